The minimum atomic E-state index is -1.11. The van der Waals surface area contributed by atoms with Gasteiger partial charge in [-0.2, -0.15) is 5.10 Å². The maximum atomic E-state index is 11.1. The van der Waals surface area contributed by atoms with Crippen LogP contribution in [-0.4, -0.2) is 20.9 Å². The maximum Gasteiger partial charge on any atom is 0.341 e. The van der Waals surface area contributed by atoms with Crippen molar-refractivity contribution in [3.63, 3.8) is 0 Å². The number of anilines is 1. The molecule has 88 valence electrons. The first kappa shape index (κ1) is 11.5. The first-order valence-corrected chi connectivity index (χ1v) is 5.20. The van der Waals surface area contributed by atoms with E-state index in [4.69, 9.17) is 22.4 Å². The van der Waals surface area contributed by atoms with Crippen molar-refractivity contribution in [3.05, 3.63) is 34.9 Å². The minimum Gasteiger partial charge on any atom is -0.477 e. The topological polar surface area (TPSA) is 81.1 Å². The average molecular weight is 252 g/mol. The van der Waals surface area contributed by atoms with Gasteiger partial charge in [-0.05, 0) is 12.1 Å². The lowest BCUT2D eigenvalue weighted by atomic mass is 10.1. The quantitative estimate of drug-likeness (QED) is 0.856. The second-order valence-corrected chi connectivity index (χ2v) is 3.98. The Bertz CT molecular complexity index is 592. The number of halogens is 1. The lowest BCUT2D eigenvalue weighted by molar-refractivity contribution is 0.0699. The van der Waals surface area contributed by atoms with Crippen LogP contribution in [-0.2, 0) is 7.05 Å². The van der Waals surface area contributed by atoms with Gasteiger partial charge in [0.05, 0.1) is 0 Å². The molecule has 0 aliphatic carbocycles. The standard InChI is InChI=1S/C11H10ClN3O2/c1-15-10(13)8(11(16)17)9(14-15)6-3-2-4-7(12)5-6/h2-5H,13H2,1H3,(H,16,17). The molecule has 0 aliphatic heterocycles. The summed E-state index contributed by atoms with van der Waals surface area (Å²) in [6, 6.07) is 6.82. The molecule has 6 heteroatoms. The highest BCUT2D eigenvalue weighted by molar-refractivity contribution is 6.30. The third kappa shape index (κ3) is 1.97. The molecule has 0 fully saturated rings. The monoisotopic (exact) mass is 251 g/mol. The number of carboxylic acids is 1. The number of benzene rings is 1. The van der Waals surface area contributed by atoms with Crippen LogP contribution >= 0.6 is 11.6 Å². The number of aromatic carboxylic acids is 1. The first-order chi connectivity index (χ1) is 8.00. The minimum absolute atomic E-state index is 0.00485. The zero-order valence-electron chi connectivity index (χ0n) is 9.01. The highest BCUT2D eigenvalue weighted by Gasteiger charge is 2.21. The fraction of sp³-hybridized carbons (Fsp3) is 0.0909. The molecule has 1 aromatic heterocycles. The highest BCUT2D eigenvalue weighted by atomic mass is 35.5. The zero-order valence-corrected chi connectivity index (χ0v) is 9.77. The Labute approximate surface area is 102 Å². The lowest BCUT2D eigenvalue weighted by Gasteiger charge is -1.99. The van der Waals surface area contributed by atoms with Crippen molar-refractivity contribution in [2.45, 2.75) is 0 Å². The number of carbonyl (C=O) groups is 1. The summed E-state index contributed by atoms with van der Waals surface area (Å²) in [7, 11) is 1.59. The largest absolute Gasteiger partial charge is 0.477 e. The molecule has 1 aromatic carbocycles. The Kier molecular flexibility index (Phi) is 2.77. The molecule has 2 aromatic rings. The Morgan fingerprint density at radius 2 is 2.24 bits per heavy atom. The summed E-state index contributed by atoms with van der Waals surface area (Å²) in [6.07, 6.45) is 0. The third-order valence-electron chi connectivity index (χ3n) is 2.40. The van der Waals surface area contributed by atoms with E-state index in [1.54, 1.807) is 31.3 Å². The number of hydrogen-bond donors (Lipinski definition) is 2. The molecule has 5 nitrogen and oxygen atoms in total. The molecule has 0 spiro atoms. The Hall–Kier alpha value is -2.01. The number of aromatic nitrogens is 2. The predicted octanol–water partition coefficient (Wildman–Crippen LogP) is 2.02. The van der Waals surface area contributed by atoms with Crippen LogP contribution in [0.3, 0.4) is 0 Å². The van der Waals surface area contributed by atoms with Gasteiger partial charge >= 0.3 is 5.97 Å². The van der Waals surface area contributed by atoms with Crippen LogP contribution in [0.4, 0.5) is 5.82 Å². The molecule has 0 bridgehead atoms. The molecule has 1 heterocycles. The second-order valence-electron chi connectivity index (χ2n) is 3.55. The van der Waals surface area contributed by atoms with E-state index in [1.165, 1.54) is 4.68 Å². The summed E-state index contributed by atoms with van der Waals surface area (Å²) in [5.41, 5.74) is 6.61. The third-order valence-corrected chi connectivity index (χ3v) is 2.64. The number of carboxylic acid groups (broad SMARTS) is 1. The van der Waals surface area contributed by atoms with E-state index in [2.05, 4.69) is 5.10 Å². The first-order valence-electron chi connectivity index (χ1n) is 4.82. The van der Waals surface area contributed by atoms with Gasteiger partial charge in [-0.3, -0.25) is 4.68 Å². The normalized spacial score (nSPS) is 10.5. The van der Waals surface area contributed by atoms with E-state index in [1.807, 2.05) is 0 Å². The number of rotatable bonds is 2. The SMILES string of the molecule is Cn1nc(-c2cccc(Cl)c2)c(C(=O)O)c1N. The lowest BCUT2D eigenvalue weighted by Crippen LogP contribution is -2.04. The molecule has 2 rings (SSSR count). The Morgan fingerprint density at radius 1 is 1.53 bits per heavy atom. The van der Waals surface area contributed by atoms with Crippen LogP contribution in [0.5, 0.6) is 0 Å². The fourth-order valence-electron chi connectivity index (χ4n) is 1.59. The van der Waals surface area contributed by atoms with E-state index in [9.17, 15) is 4.79 Å². The van der Waals surface area contributed by atoms with Crippen molar-refractivity contribution in [1.82, 2.24) is 9.78 Å². The van der Waals surface area contributed by atoms with Crippen LogP contribution in [0.2, 0.25) is 5.02 Å². The van der Waals surface area contributed by atoms with Crippen LogP contribution in [0.1, 0.15) is 10.4 Å². The van der Waals surface area contributed by atoms with E-state index in [-0.39, 0.29) is 11.4 Å². The van der Waals surface area contributed by atoms with Gasteiger partial charge < -0.3 is 10.8 Å². The molecule has 3 N–H and O–H groups in total. The fourth-order valence-corrected chi connectivity index (χ4v) is 1.78. The molecule has 0 saturated heterocycles. The van der Waals surface area contributed by atoms with Crippen LogP contribution in [0.25, 0.3) is 11.3 Å². The molecule has 0 unspecified atom stereocenters. The second kappa shape index (κ2) is 4.10. The highest BCUT2D eigenvalue weighted by Crippen LogP contribution is 2.28. The smallest absolute Gasteiger partial charge is 0.341 e. The molecule has 17 heavy (non-hydrogen) atoms. The number of nitrogen functional groups attached to an aromatic ring is 1. The van der Waals surface area contributed by atoms with Crippen LogP contribution in [0, 0.1) is 0 Å². The zero-order chi connectivity index (χ0) is 12.6. The summed E-state index contributed by atoms with van der Waals surface area (Å²) in [6.45, 7) is 0. The van der Waals surface area contributed by atoms with Gasteiger partial charge in [-0.1, -0.05) is 23.7 Å². The van der Waals surface area contributed by atoms with Gasteiger partial charge in [-0.15, -0.1) is 0 Å². The molecular formula is C11H10ClN3O2. The molecular weight excluding hydrogens is 242 g/mol. The van der Waals surface area contributed by atoms with Crippen LogP contribution in [0.15, 0.2) is 24.3 Å². The van der Waals surface area contributed by atoms with Gasteiger partial charge in [0.1, 0.15) is 17.1 Å². The van der Waals surface area contributed by atoms with Crippen LogP contribution < -0.4 is 5.73 Å². The van der Waals surface area contributed by atoms with Gasteiger partial charge in [0.25, 0.3) is 0 Å². The molecule has 0 saturated carbocycles. The summed E-state index contributed by atoms with van der Waals surface area (Å²) in [5, 5.41) is 13.7. The molecule has 0 radical (unpaired) electrons. The van der Waals surface area contributed by atoms with E-state index >= 15 is 0 Å². The van der Waals surface area contributed by atoms with Crippen molar-refractivity contribution in [2.24, 2.45) is 7.05 Å². The Balaban J connectivity index is 2.67. The molecule has 0 aliphatic rings. The maximum absolute atomic E-state index is 11.1. The van der Waals surface area contributed by atoms with E-state index in [0.717, 1.165) is 0 Å². The summed E-state index contributed by atoms with van der Waals surface area (Å²) >= 11 is 5.86. The van der Waals surface area contributed by atoms with Gasteiger partial charge in [-0.25, -0.2) is 4.79 Å². The van der Waals surface area contributed by atoms with Crippen molar-refractivity contribution >= 4 is 23.4 Å². The summed E-state index contributed by atoms with van der Waals surface area (Å²) in [5.74, 6) is -0.988. The van der Waals surface area contributed by atoms with E-state index in [0.29, 0.717) is 16.3 Å². The van der Waals surface area contributed by atoms with E-state index < -0.39 is 5.97 Å². The van der Waals surface area contributed by atoms with Crippen molar-refractivity contribution < 1.29 is 9.90 Å². The molecule has 0 atom stereocenters. The number of nitrogens with zero attached hydrogens (tertiary/aromatic N) is 2. The number of hydrogen-bond acceptors (Lipinski definition) is 3. The van der Waals surface area contributed by atoms with Gasteiger partial charge in [0.2, 0.25) is 0 Å². The average Bonchev–Trinajstić information content (AvgIpc) is 2.55. The Morgan fingerprint density at radius 3 is 2.82 bits per heavy atom. The van der Waals surface area contributed by atoms with Crippen molar-refractivity contribution in [3.8, 4) is 11.3 Å². The number of aryl methyl sites for hydroxylation is 1. The van der Waals surface area contributed by atoms with Crippen molar-refractivity contribution in [2.75, 3.05) is 5.73 Å². The van der Waals surface area contributed by atoms with Crippen molar-refractivity contribution in [1.29, 1.82) is 0 Å². The predicted molar refractivity (Wildman–Crippen MR) is 65.0 cm³/mol. The molecule has 0 amide bonds. The summed E-state index contributed by atoms with van der Waals surface area (Å²) < 4.78 is 1.33. The number of nitrogens with two attached hydrogens (primary N) is 1. The van der Waals surface area contributed by atoms with Gasteiger partial charge in [0, 0.05) is 17.6 Å². The summed E-state index contributed by atoms with van der Waals surface area (Å²) in [4.78, 5) is 11.1. The van der Waals surface area contributed by atoms with Gasteiger partial charge in [0.15, 0.2) is 0 Å².